The summed E-state index contributed by atoms with van der Waals surface area (Å²) in [6.45, 7) is 6.03. The molecule has 28 heavy (non-hydrogen) atoms. The summed E-state index contributed by atoms with van der Waals surface area (Å²) in [5.74, 6) is -0.262. The predicted octanol–water partition coefficient (Wildman–Crippen LogP) is 2.61. The molecule has 0 aromatic heterocycles. The van der Waals surface area contributed by atoms with E-state index in [2.05, 4.69) is 10.6 Å². The first-order chi connectivity index (χ1) is 13.4. The van der Waals surface area contributed by atoms with E-state index in [1.54, 1.807) is 51.3 Å². The lowest BCUT2D eigenvalue weighted by Gasteiger charge is -2.17. The molecule has 154 valence electrons. The summed E-state index contributed by atoms with van der Waals surface area (Å²) >= 11 is 0. The first-order valence-corrected chi connectivity index (χ1v) is 9.45. The topological polar surface area (TPSA) is 93.7 Å². The van der Waals surface area contributed by atoms with Gasteiger partial charge in [-0.25, -0.2) is 4.79 Å². The van der Waals surface area contributed by atoms with Crippen molar-refractivity contribution < 1.29 is 23.9 Å². The van der Waals surface area contributed by atoms with Gasteiger partial charge in [0.1, 0.15) is 11.8 Å². The largest absolute Gasteiger partial charge is 0.497 e. The number of hydrogen-bond donors (Lipinski definition) is 2. The second-order valence-electron chi connectivity index (χ2n) is 6.23. The van der Waals surface area contributed by atoms with Crippen LogP contribution in [0.5, 0.6) is 5.75 Å². The van der Waals surface area contributed by atoms with Crippen LogP contribution in [-0.4, -0.2) is 44.1 Å². The molecule has 1 atom stereocenters. The Hall–Kier alpha value is -2.83. The van der Waals surface area contributed by atoms with E-state index in [9.17, 15) is 14.4 Å². The molecular weight excluding hydrogens is 360 g/mol. The zero-order valence-electron chi connectivity index (χ0n) is 17.0. The highest BCUT2D eigenvalue weighted by Crippen LogP contribution is 2.12. The van der Waals surface area contributed by atoms with Crippen molar-refractivity contribution >= 4 is 17.8 Å². The van der Waals surface area contributed by atoms with Crippen molar-refractivity contribution in [3.05, 3.63) is 41.5 Å². The fourth-order valence-electron chi connectivity index (χ4n) is 2.42. The molecule has 0 spiro atoms. The highest BCUT2D eigenvalue weighted by atomic mass is 16.5. The number of methoxy groups -OCH3 is 1. The number of rotatable bonds is 11. The highest BCUT2D eigenvalue weighted by molar-refractivity contribution is 5.96. The monoisotopic (exact) mass is 390 g/mol. The van der Waals surface area contributed by atoms with Gasteiger partial charge in [0, 0.05) is 17.7 Å². The average Bonchev–Trinajstić information content (AvgIpc) is 2.71. The first kappa shape index (κ1) is 23.2. The Morgan fingerprint density at radius 1 is 1.14 bits per heavy atom. The van der Waals surface area contributed by atoms with Crippen molar-refractivity contribution in [2.75, 3.05) is 20.3 Å². The fraction of sp³-hybridized carbons (Fsp3) is 0.476. The minimum atomic E-state index is -0.734. The van der Waals surface area contributed by atoms with Crippen molar-refractivity contribution in [2.24, 2.45) is 0 Å². The second-order valence-corrected chi connectivity index (χ2v) is 6.23. The van der Waals surface area contributed by atoms with Crippen molar-refractivity contribution in [3.8, 4) is 5.75 Å². The lowest BCUT2D eigenvalue weighted by Crippen LogP contribution is -2.42. The number of amides is 2. The smallest absolute Gasteiger partial charge is 0.328 e. The van der Waals surface area contributed by atoms with E-state index in [4.69, 9.17) is 9.47 Å². The maximum Gasteiger partial charge on any atom is 0.328 e. The van der Waals surface area contributed by atoms with Crippen LogP contribution < -0.4 is 15.4 Å². The standard InChI is InChI=1S/C21H30N2O5/c1-5-15(3)19(24)22-14-8-7-9-18(21(26)28-6-2)23-20(25)16-10-12-17(27-4)13-11-16/h5,10-13,18H,6-9,14H2,1-4H3,(H,22,24)(H,23,25)/b15-5+/t18-/m0/s1. The van der Waals surface area contributed by atoms with E-state index in [0.29, 0.717) is 42.7 Å². The summed E-state index contributed by atoms with van der Waals surface area (Å²) in [5.41, 5.74) is 1.10. The number of nitrogens with one attached hydrogen (secondary N) is 2. The Bertz CT molecular complexity index is 683. The van der Waals surface area contributed by atoms with Gasteiger partial charge in [0.05, 0.1) is 13.7 Å². The maximum atomic E-state index is 12.4. The van der Waals surface area contributed by atoms with E-state index in [1.807, 2.05) is 6.92 Å². The minimum Gasteiger partial charge on any atom is -0.497 e. The first-order valence-electron chi connectivity index (χ1n) is 9.45. The van der Waals surface area contributed by atoms with Gasteiger partial charge < -0.3 is 20.1 Å². The summed E-state index contributed by atoms with van der Waals surface area (Å²) in [7, 11) is 1.55. The molecule has 0 fully saturated rings. The van der Waals surface area contributed by atoms with Gasteiger partial charge in [-0.05, 0) is 64.3 Å². The molecule has 0 aliphatic rings. The van der Waals surface area contributed by atoms with E-state index < -0.39 is 12.0 Å². The molecular formula is C21H30N2O5. The van der Waals surface area contributed by atoms with E-state index in [1.165, 1.54) is 0 Å². The molecule has 0 saturated heterocycles. The van der Waals surface area contributed by atoms with Crippen LogP contribution in [0.1, 0.15) is 50.4 Å². The molecule has 2 N–H and O–H groups in total. The van der Waals surface area contributed by atoms with Crippen LogP contribution in [0.25, 0.3) is 0 Å². The van der Waals surface area contributed by atoms with E-state index >= 15 is 0 Å². The van der Waals surface area contributed by atoms with Gasteiger partial charge in [-0.3, -0.25) is 9.59 Å². The van der Waals surface area contributed by atoms with Crippen LogP contribution in [0.4, 0.5) is 0 Å². The Labute approximate surface area is 166 Å². The van der Waals surface area contributed by atoms with Crippen LogP contribution in [-0.2, 0) is 14.3 Å². The SMILES string of the molecule is C/C=C(\C)C(=O)NCCCC[C@H](NC(=O)c1ccc(OC)cc1)C(=O)OCC. The Balaban J connectivity index is 2.56. The summed E-state index contributed by atoms with van der Waals surface area (Å²) in [6.07, 6.45) is 3.53. The Kier molecular flexibility index (Phi) is 10.4. The van der Waals surface area contributed by atoms with Crippen LogP contribution in [0.2, 0.25) is 0 Å². The second kappa shape index (κ2) is 12.5. The normalized spacial score (nSPS) is 12.1. The van der Waals surface area contributed by atoms with Crippen molar-refractivity contribution in [3.63, 3.8) is 0 Å². The quantitative estimate of drug-likeness (QED) is 0.344. The number of ether oxygens (including phenoxy) is 2. The number of carbonyl (C=O) groups is 3. The Morgan fingerprint density at radius 3 is 2.39 bits per heavy atom. The maximum absolute atomic E-state index is 12.4. The lowest BCUT2D eigenvalue weighted by molar-refractivity contribution is -0.145. The lowest BCUT2D eigenvalue weighted by atomic mass is 10.1. The van der Waals surface area contributed by atoms with Gasteiger partial charge in [0.15, 0.2) is 0 Å². The van der Waals surface area contributed by atoms with Crippen molar-refractivity contribution in [2.45, 2.75) is 46.1 Å². The molecule has 0 aliphatic carbocycles. The summed E-state index contributed by atoms with van der Waals surface area (Å²) in [6, 6.07) is 5.90. The van der Waals surface area contributed by atoms with Crippen molar-refractivity contribution in [1.82, 2.24) is 10.6 Å². The average molecular weight is 390 g/mol. The predicted molar refractivity (Wildman–Crippen MR) is 107 cm³/mol. The van der Waals surface area contributed by atoms with E-state index in [0.717, 1.165) is 0 Å². The van der Waals surface area contributed by atoms with Gasteiger partial charge in [0.25, 0.3) is 5.91 Å². The number of benzene rings is 1. The van der Waals surface area contributed by atoms with Crippen molar-refractivity contribution in [1.29, 1.82) is 0 Å². The van der Waals surface area contributed by atoms with Gasteiger partial charge in [-0.1, -0.05) is 6.08 Å². The van der Waals surface area contributed by atoms with Crippen LogP contribution >= 0.6 is 0 Å². The summed E-state index contributed by atoms with van der Waals surface area (Å²) < 4.78 is 10.1. The number of unbranched alkanes of at least 4 members (excludes halogenated alkanes) is 1. The molecule has 0 radical (unpaired) electrons. The minimum absolute atomic E-state index is 0.0998. The molecule has 0 heterocycles. The van der Waals surface area contributed by atoms with Crippen LogP contribution in [0.3, 0.4) is 0 Å². The fourth-order valence-corrected chi connectivity index (χ4v) is 2.42. The Morgan fingerprint density at radius 2 is 1.82 bits per heavy atom. The zero-order valence-corrected chi connectivity index (χ0v) is 17.0. The third kappa shape index (κ3) is 7.82. The van der Waals surface area contributed by atoms with E-state index in [-0.39, 0.29) is 18.4 Å². The molecule has 7 heteroatoms. The molecule has 1 rings (SSSR count). The molecule has 1 aromatic carbocycles. The van der Waals surface area contributed by atoms with Gasteiger partial charge in [-0.15, -0.1) is 0 Å². The molecule has 2 amide bonds. The summed E-state index contributed by atoms with van der Waals surface area (Å²) in [4.78, 5) is 36.3. The number of allylic oxidation sites excluding steroid dienone is 1. The molecule has 0 unspecified atom stereocenters. The number of esters is 1. The van der Waals surface area contributed by atoms with Gasteiger partial charge in [0.2, 0.25) is 5.91 Å². The molecule has 0 saturated carbocycles. The zero-order chi connectivity index (χ0) is 20.9. The molecule has 0 aliphatic heterocycles. The third-order valence-corrected chi connectivity index (χ3v) is 4.22. The molecule has 7 nitrogen and oxygen atoms in total. The van der Waals surface area contributed by atoms with Crippen LogP contribution in [0, 0.1) is 0 Å². The molecule has 0 bridgehead atoms. The highest BCUT2D eigenvalue weighted by Gasteiger charge is 2.22. The molecule has 1 aromatic rings. The summed E-state index contributed by atoms with van der Waals surface area (Å²) in [5, 5.41) is 5.55. The van der Waals surface area contributed by atoms with Gasteiger partial charge >= 0.3 is 5.97 Å². The third-order valence-electron chi connectivity index (χ3n) is 4.22. The number of carbonyl (C=O) groups excluding carboxylic acids is 3. The van der Waals surface area contributed by atoms with Gasteiger partial charge in [-0.2, -0.15) is 0 Å². The number of hydrogen-bond acceptors (Lipinski definition) is 5. The van der Waals surface area contributed by atoms with Crippen LogP contribution in [0.15, 0.2) is 35.9 Å².